The van der Waals surface area contributed by atoms with E-state index in [0.29, 0.717) is 38.6 Å². The summed E-state index contributed by atoms with van der Waals surface area (Å²) in [5, 5.41) is 9.05. The van der Waals surface area contributed by atoms with Gasteiger partial charge in [-0.3, -0.25) is 9.79 Å². The Labute approximate surface area is 149 Å². The fraction of sp³-hybridized carbons (Fsp3) is 0.467. The molecule has 1 aromatic carbocycles. The number of aliphatic imine (C=N–C) groups is 1. The van der Waals surface area contributed by atoms with E-state index in [4.69, 9.17) is 4.74 Å². The third kappa shape index (κ3) is 9.56. The van der Waals surface area contributed by atoms with Gasteiger partial charge in [-0.2, -0.15) is 0 Å². The fourth-order valence-corrected chi connectivity index (χ4v) is 1.67. The van der Waals surface area contributed by atoms with Crippen LogP contribution in [0, 0.1) is 0 Å². The van der Waals surface area contributed by atoms with Crippen molar-refractivity contribution in [1.29, 1.82) is 0 Å². The number of carbonyl (C=O) groups is 1. The molecule has 0 aliphatic carbocycles. The molecule has 6 nitrogen and oxygen atoms in total. The Bertz CT molecular complexity index is 440. The number of methoxy groups -OCH3 is 1. The van der Waals surface area contributed by atoms with Crippen LogP contribution in [0.2, 0.25) is 0 Å². The summed E-state index contributed by atoms with van der Waals surface area (Å²) < 4.78 is 4.94. The predicted molar refractivity (Wildman–Crippen MR) is 99.6 cm³/mol. The van der Waals surface area contributed by atoms with Gasteiger partial charge in [0.15, 0.2) is 5.96 Å². The number of ether oxygens (including phenoxy) is 1. The molecule has 1 rings (SSSR count). The average molecular weight is 420 g/mol. The maximum Gasteiger partial charge on any atom is 0.222 e. The molecule has 0 aliphatic rings. The Kier molecular flexibility index (Phi) is 12.5. The van der Waals surface area contributed by atoms with Crippen molar-refractivity contribution in [2.75, 3.05) is 33.9 Å². The zero-order valence-corrected chi connectivity index (χ0v) is 15.4. The normalized spacial score (nSPS) is 10.5. The zero-order valence-electron chi connectivity index (χ0n) is 13.1. The SMILES string of the molecule is CN=C(NCCOC)NCCC(=O)NCc1ccccc1.I. The van der Waals surface area contributed by atoms with Gasteiger partial charge in [0, 0.05) is 40.2 Å². The number of halogens is 1. The van der Waals surface area contributed by atoms with E-state index in [9.17, 15) is 4.79 Å². The number of benzene rings is 1. The van der Waals surface area contributed by atoms with Crippen LogP contribution in [0.4, 0.5) is 0 Å². The summed E-state index contributed by atoms with van der Waals surface area (Å²) >= 11 is 0. The second kappa shape index (κ2) is 13.3. The number of hydrogen-bond donors (Lipinski definition) is 3. The first-order valence-electron chi connectivity index (χ1n) is 7.00. The zero-order chi connectivity index (χ0) is 15.3. The topological polar surface area (TPSA) is 74.8 Å². The maximum atomic E-state index is 11.7. The van der Waals surface area contributed by atoms with Crippen molar-refractivity contribution < 1.29 is 9.53 Å². The molecule has 0 spiro atoms. The number of nitrogens with zero attached hydrogens (tertiary/aromatic N) is 1. The van der Waals surface area contributed by atoms with Gasteiger partial charge in [-0.25, -0.2) is 0 Å². The van der Waals surface area contributed by atoms with E-state index in [1.165, 1.54) is 0 Å². The molecule has 1 aromatic rings. The Balaban J connectivity index is 0.00000441. The Morgan fingerprint density at radius 3 is 2.45 bits per heavy atom. The highest BCUT2D eigenvalue weighted by molar-refractivity contribution is 14.0. The molecule has 0 fully saturated rings. The standard InChI is InChI=1S/C15H24N4O2.HI/c1-16-15(18-10-11-21-2)17-9-8-14(20)19-12-13-6-4-3-5-7-13;/h3-7H,8-12H2,1-2H3,(H,19,20)(H2,16,17,18);1H. The molecule has 0 saturated carbocycles. The lowest BCUT2D eigenvalue weighted by Gasteiger charge is -2.11. The number of carbonyl (C=O) groups excluding carboxylic acids is 1. The van der Waals surface area contributed by atoms with Crippen LogP contribution in [-0.4, -0.2) is 45.7 Å². The van der Waals surface area contributed by atoms with Crippen LogP contribution in [0.1, 0.15) is 12.0 Å². The molecule has 7 heteroatoms. The summed E-state index contributed by atoms with van der Waals surface area (Å²) in [6.07, 6.45) is 0.401. The fourth-order valence-electron chi connectivity index (χ4n) is 1.67. The summed E-state index contributed by atoms with van der Waals surface area (Å²) in [5.41, 5.74) is 1.09. The third-order valence-electron chi connectivity index (χ3n) is 2.80. The van der Waals surface area contributed by atoms with Gasteiger partial charge in [-0.15, -0.1) is 24.0 Å². The number of amides is 1. The van der Waals surface area contributed by atoms with Gasteiger partial charge in [0.2, 0.25) is 5.91 Å². The van der Waals surface area contributed by atoms with Crippen molar-refractivity contribution in [3.8, 4) is 0 Å². The van der Waals surface area contributed by atoms with Crippen molar-refractivity contribution in [2.24, 2.45) is 4.99 Å². The van der Waals surface area contributed by atoms with Gasteiger partial charge in [-0.1, -0.05) is 30.3 Å². The Hall–Kier alpha value is -1.35. The third-order valence-corrected chi connectivity index (χ3v) is 2.80. The van der Waals surface area contributed by atoms with Crippen LogP contribution < -0.4 is 16.0 Å². The molecule has 0 bridgehead atoms. The smallest absolute Gasteiger partial charge is 0.222 e. The summed E-state index contributed by atoms with van der Waals surface area (Å²) in [4.78, 5) is 15.8. The second-order valence-corrected chi connectivity index (χ2v) is 4.43. The van der Waals surface area contributed by atoms with Gasteiger partial charge in [-0.05, 0) is 5.56 Å². The molecule has 0 heterocycles. The van der Waals surface area contributed by atoms with E-state index in [1.54, 1.807) is 14.2 Å². The number of hydrogen-bond acceptors (Lipinski definition) is 3. The van der Waals surface area contributed by atoms with E-state index in [-0.39, 0.29) is 29.9 Å². The summed E-state index contributed by atoms with van der Waals surface area (Å²) in [7, 11) is 3.34. The van der Waals surface area contributed by atoms with Gasteiger partial charge in [0.25, 0.3) is 0 Å². The summed E-state index contributed by atoms with van der Waals surface area (Å²) in [5.74, 6) is 0.682. The van der Waals surface area contributed by atoms with Gasteiger partial charge < -0.3 is 20.7 Å². The first-order valence-corrected chi connectivity index (χ1v) is 7.00. The predicted octanol–water partition coefficient (Wildman–Crippen LogP) is 1.12. The Morgan fingerprint density at radius 2 is 1.82 bits per heavy atom. The van der Waals surface area contributed by atoms with E-state index >= 15 is 0 Å². The molecule has 0 unspecified atom stereocenters. The van der Waals surface area contributed by atoms with Crippen molar-refractivity contribution in [3.05, 3.63) is 35.9 Å². The molecule has 0 aliphatic heterocycles. The molecule has 0 radical (unpaired) electrons. The van der Waals surface area contributed by atoms with Crippen LogP contribution >= 0.6 is 24.0 Å². The number of nitrogens with one attached hydrogen (secondary N) is 3. The lowest BCUT2D eigenvalue weighted by atomic mass is 10.2. The van der Waals surface area contributed by atoms with Crippen LogP contribution in [0.25, 0.3) is 0 Å². The van der Waals surface area contributed by atoms with Crippen molar-refractivity contribution in [2.45, 2.75) is 13.0 Å². The number of guanidine groups is 1. The highest BCUT2D eigenvalue weighted by Gasteiger charge is 2.02. The molecule has 0 atom stereocenters. The minimum Gasteiger partial charge on any atom is -0.383 e. The van der Waals surface area contributed by atoms with Crippen LogP contribution in [0.5, 0.6) is 0 Å². The molecule has 1 amide bonds. The van der Waals surface area contributed by atoms with E-state index in [0.717, 1.165) is 5.56 Å². The quantitative estimate of drug-likeness (QED) is 0.255. The van der Waals surface area contributed by atoms with Crippen molar-refractivity contribution in [3.63, 3.8) is 0 Å². The molecular weight excluding hydrogens is 395 g/mol. The summed E-state index contributed by atoms with van der Waals surface area (Å²) in [6, 6.07) is 9.84. The highest BCUT2D eigenvalue weighted by Crippen LogP contribution is 1.97. The molecule has 22 heavy (non-hydrogen) atoms. The Morgan fingerprint density at radius 1 is 1.14 bits per heavy atom. The van der Waals surface area contributed by atoms with Gasteiger partial charge in [0.05, 0.1) is 6.61 Å². The largest absolute Gasteiger partial charge is 0.383 e. The monoisotopic (exact) mass is 420 g/mol. The molecule has 0 aromatic heterocycles. The van der Waals surface area contributed by atoms with Crippen molar-refractivity contribution >= 4 is 35.8 Å². The van der Waals surface area contributed by atoms with E-state index in [2.05, 4.69) is 20.9 Å². The van der Waals surface area contributed by atoms with Crippen LogP contribution in [0.15, 0.2) is 35.3 Å². The second-order valence-electron chi connectivity index (χ2n) is 4.43. The van der Waals surface area contributed by atoms with Gasteiger partial charge in [0.1, 0.15) is 0 Å². The average Bonchev–Trinajstić information content (AvgIpc) is 2.52. The number of rotatable bonds is 8. The van der Waals surface area contributed by atoms with Crippen LogP contribution in [-0.2, 0) is 16.1 Å². The molecular formula is C15H25IN4O2. The lowest BCUT2D eigenvalue weighted by molar-refractivity contribution is -0.121. The molecule has 0 saturated heterocycles. The van der Waals surface area contributed by atoms with E-state index in [1.807, 2.05) is 30.3 Å². The first kappa shape index (κ1) is 20.6. The lowest BCUT2D eigenvalue weighted by Crippen LogP contribution is -2.40. The molecule has 3 N–H and O–H groups in total. The maximum absolute atomic E-state index is 11.7. The minimum absolute atomic E-state index is 0. The molecule has 124 valence electrons. The first-order chi connectivity index (χ1) is 10.3. The summed E-state index contributed by atoms with van der Waals surface area (Å²) in [6.45, 7) is 2.38. The van der Waals surface area contributed by atoms with Crippen molar-refractivity contribution in [1.82, 2.24) is 16.0 Å². The van der Waals surface area contributed by atoms with Crippen LogP contribution in [0.3, 0.4) is 0 Å². The van der Waals surface area contributed by atoms with Gasteiger partial charge >= 0.3 is 0 Å². The minimum atomic E-state index is 0. The van der Waals surface area contributed by atoms with E-state index < -0.39 is 0 Å². The highest BCUT2D eigenvalue weighted by atomic mass is 127.